The molecule has 34 heavy (non-hydrogen) atoms. The van der Waals surface area contributed by atoms with E-state index in [-0.39, 0.29) is 23.2 Å². The number of nitrogens with one attached hydrogen (secondary N) is 3. The van der Waals surface area contributed by atoms with Crippen molar-refractivity contribution in [3.8, 4) is 17.2 Å². The lowest BCUT2D eigenvalue weighted by molar-refractivity contribution is -0.385. The summed E-state index contributed by atoms with van der Waals surface area (Å²) in [6.07, 6.45) is 0. The summed E-state index contributed by atoms with van der Waals surface area (Å²) in [7, 11) is 3.06. The van der Waals surface area contributed by atoms with Crippen LogP contribution in [0.3, 0.4) is 0 Å². The van der Waals surface area contributed by atoms with E-state index in [9.17, 15) is 14.9 Å². The first-order chi connectivity index (χ1) is 16.3. The van der Waals surface area contributed by atoms with E-state index >= 15 is 0 Å². The predicted octanol–water partition coefficient (Wildman–Crippen LogP) is 3.72. The molecule has 0 aliphatic carbocycles. The fraction of sp³-hybridized carbons (Fsp3) is 0.182. The first-order valence-electron chi connectivity index (χ1n) is 9.86. The van der Waals surface area contributed by atoms with Gasteiger partial charge in [-0.05, 0) is 55.5 Å². The molecule has 0 unspecified atom stereocenters. The molecule has 0 aliphatic heterocycles. The minimum atomic E-state index is -0.553. The number of nitro benzene ring substituents is 1. The van der Waals surface area contributed by atoms with Crippen LogP contribution in [0.5, 0.6) is 17.2 Å². The van der Waals surface area contributed by atoms with E-state index in [1.807, 2.05) is 0 Å². The molecular weight excluding hydrogens is 464 g/mol. The summed E-state index contributed by atoms with van der Waals surface area (Å²) in [6, 6.07) is 12.6. The second-order valence-electron chi connectivity index (χ2n) is 6.86. The number of aryl methyl sites for hydroxylation is 1. The van der Waals surface area contributed by atoms with Gasteiger partial charge in [-0.15, -0.1) is 0 Å². The highest BCUT2D eigenvalue weighted by Crippen LogP contribution is 2.29. The molecule has 3 aromatic rings. The van der Waals surface area contributed by atoms with Crippen molar-refractivity contribution in [2.75, 3.05) is 19.5 Å². The van der Waals surface area contributed by atoms with E-state index in [4.69, 9.17) is 30.8 Å². The van der Waals surface area contributed by atoms with Gasteiger partial charge in [-0.2, -0.15) is 0 Å². The molecule has 3 N–H and O–H groups in total. The Labute approximate surface area is 200 Å². The van der Waals surface area contributed by atoms with Gasteiger partial charge >= 0.3 is 5.91 Å². The van der Waals surface area contributed by atoms with Crippen molar-refractivity contribution in [1.82, 2.24) is 10.9 Å². The molecule has 0 saturated heterocycles. The van der Waals surface area contributed by atoms with Crippen LogP contribution in [-0.4, -0.2) is 30.2 Å². The monoisotopic (exact) mass is 486 g/mol. The second kappa shape index (κ2) is 11.0. The molecule has 178 valence electrons. The number of furan rings is 1. The molecule has 1 aromatic heterocycles. The van der Waals surface area contributed by atoms with Crippen molar-refractivity contribution in [1.29, 1.82) is 0 Å². The maximum Gasteiger partial charge on any atom is 0.305 e. The van der Waals surface area contributed by atoms with Crippen LogP contribution < -0.4 is 30.4 Å². The van der Waals surface area contributed by atoms with Gasteiger partial charge in [-0.25, -0.2) is 0 Å². The first-order valence-corrected chi connectivity index (χ1v) is 10.3. The normalized spacial score (nSPS) is 10.2. The van der Waals surface area contributed by atoms with Crippen LogP contribution in [0.25, 0.3) is 0 Å². The molecule has 11 nitrogen and oxygen atoms in total. The lowest BCUT2D eigenvalue weighted by atomic mass is 10.2. The summed E-state index contributed by atoms with van der Waals surface area (Å²) in [5, 5.41) is 13.9. The number of carbonyl (C=O) groups is 1. The molecule has 0 saturated carbocycles. The number of nitrogens with zero attached hydrogens (tertiary/aromatic N) is 1. The Balaban J connectivity index is 1.51. The molecule has 12 heteroatoms. The Morgan fingerprint density at radius 2 is 1.82 bits per heavy atom. The average molecular weight is 487 g/mol. The third kappa shape index (κ3) is 6.13. The van der Waals surface area contributed by atoms with E-state index in [1.165, 1.54) is 25.3 Å². The Kier molecular flexibility index (Phi) is 7.88. The number of hydrogen-bond donors (Lipinski definition) is 3. The van der Waals surface area contributed by atoms with Crippen molar-refractivity contribution in [3.05, 3.63) is 75.7 Å². The van der Waals surface area contributed by atoms with Crippen molar-refractivity contribution in [2.45, 2.75) is 13.5 Å². The van der Waals surface area contributed by atoms with Gasteiger partial charge in [0.05, 0.1) is 24.8 Å². The highest BCUT2D eigenvalue weighted by molar-refractivity contribution is 7.80. The number of ether oxygens (including phenoxy) is 3. The highest BCUT2D eigenvalue weighted by atomic mass is 32.1. The fourth-order valence-corrected chi connectivity index (χ4v) is 3.05. The van der Waals surface area contributed by atoms with E-state index in [2.05, 4.69) is 16.2 Å². The summed E-state index contributed by atoms with van der Waals surface area (Å²) < 4.78 is 21.5. The first kappa shape index (κ1) is 24.3. The van der Waals surface area contributed by atoms with Gasteiger partial charge in [0.15, 0.2) is 10.9 Å². The lowest BCUT2D eigenvalue weighted by Crippen LogP contribution is -2.43. The number of carbonyl (C=O) groups excluding carboxylic acids is 1. The van der Waals surface area contributed by atoms with Gasteiger partial charge in [0, 0.05) is 17.7 Å². The molecule has 0 fully saturated rings. The number of hydrogen-bond acceptors (Lipinski definition) is 8. The van der Waals surface area contributed by atoms with Crippen LogP contribution in [0.1, 0.15) is 21.9 Å². The van der Waals surface area contributed by atoms with E-state index in [0.29, 0.717) is 34.3 Å². The van der Waals surface area contributed by atoms with E-state index < -0.39 is 10.8 Å². The largest absolute Gasteiger partial charge is 0.497 e. The molecule has 3 rings (SSSR count). The molecule has 1 amide bonds. The maximum atomic E-state index is 12.3. The van der Waals surface area contributed by atoms with Gasteiger partial charge in [0.2, 0.25) is 0 Å². The van der Waals surface area contributed by atoms with Crippen LogP contribution in [0.4, 0.5) is 11.4 Å². The van der Waals surface area contributed by atoms with Crippen molar-refractivity contribution in [3.63, 3.8) is 0 Å². The smallest absolute Gasteiger partial charge is 0.305 e. The molecule has 0 radical (unpaired) electrons. The van der Waals surface area contributed by atoms with Crippen LogP contribution >= 0.6 is 12.2 Å². The van der Waals surface area contributed by atoms with Gasteiger partial charge < -0.3 is 23.9 Å². The molecule has 0 bridgehead atoms. The molecule has 0 atom stereocenters. The number of anilines is 1. The van der Waals surface area contributed by atoms with Gasteiger partial charge in [-0.3, -0.25) is 25.8 Å². The topological polar surface area (TPSA) is 137 Å². The summed E-state index contributed by atoms with van der Waals surface area (Å²) in [6.45, 7) is 1.66. The number of amides is 1. The Hall–Kier alpha value is -4.32. The fourth-order valence-electron chi connectivity index (χ4n) is 2.89. The summed E-state index contributed by atoms with van der Waals surface area (Å²) in [5.74, 6) is 1.45. The number of methoxy groups -OCH3 is 2. The van der Waals surface area contributed by atoms with Crippen LogP contribution in [0.15, 0.2) is 52.9 Å². The van der Waals surface area contributed by atoms with Gasteiger partial charge in [-0.1, -0.05) is 0 Å². The molecule has 1 heterocycles. The van der Waals surface area contributed by atoms with Crippen LogP contribution in [-0.2, 0) is 6.61 Å². The van der Waals surface area contributed by atoms with Crippen LogP contribution in [0.2, 0.25) is 0 Å². The predicted molar refractivity (Wildman–Crippen MR) is 127 cm³/mol. The highest BCUT2D eigenvalue weighted by Gasteiger charge is 2.14. The summed E-state index contributed by atoms with van der Waals surface area (Å²) >= 11 is 5.19. The van der Waals surface area contributed by atoms with E-state index in [1.54, 1.807) is 44.4 Å². The number of nitro groups is 1. The van der Waals surface area contributed by atoms with Gasteiger partial charge in [0.25, 0.3) is 5.69 Å². The Morgan fingerprint density at radius 3 is 2.50 bits per heavy atom. The van der Waals surface area contributed by atoms with E-state index in [0.717, 1.165) is 0 Å². The lowest BCUT2D eigenvalue weighted by Gasteiger charge is -2.14. The molecule has 0 aliphatic rings. The zero-order valence-corrected chi connectivity index (χ0v) is 19.4. The van der Waals surface area contributed by atoms with Gasteiger partial charge in [0.1, 0.15) is 29.6 Å². The summed E-state index contributed by atoms with van der Waals surface area (Å²) in [5.41, 5.74) is 6.08. The third-order valence-corrected chi connectivity index (χ3v) is 4.78. The molecular formula is C22H22N4O7S. The second-order valence-corrected chi connectivity index (χ2v) is 7.27. The molecule has 2 aromatic carbocycles. The van der Waals surface area contributed by atoms with Crippen molar-refractivity contribution >= 4 is 34.6 Å². The number of hydrazine groups is 1. The molecule has 0 spiro atoms. The Bertz CT molecular complexity index is 1210. The van der Waals surface area contributed by atoms with Crippen LogP contribution in [0, 0.1) is 17.0 Å². The number of thiocarbonyl (C=S) groups is 1. The quantitative estimate of drug-likeness (QED) is 0.245. The number of rotatable bonds is 8. The minimum absolute atomic E-state index is 0.00893. The summed E-state index contributed by atoms with van der Waals surface area (Å²) in [4.78, 5) is 22.8. The van der Waals surface area contributed by atoms with Crippen molar-refractivity contribution < 1.29 is 28.3 Å². The van der Waals surface area contributed by atoms with Crippen molar-refractivity contribution in [2.24, 2.45) is 0 Å². The average Bonchev–Trinajstić information content (AvgIpc) is 3.30. The zero-order valence-electron chi connectivity index (χ0n) is 18.5. The maximum absolute atomic E-state index is 12.3. The third-order valence-electron chi connectivity index (χ3n) is 4.58. The zero-order chi connectivity index (χ0) is 24.7. The minimum Gasteiger partial charge on any atom is -0.497 e. The number of benzene rings is 2. The SMILES string of the molecule is COc1ccc(NC(=S)NNC(=O)c2ccc(COc3ccc([N+](=O)[O-])c(C)c3)o2)c(OC)c1. The standard InChI is InChI=1S/C22H22N4O7S/c1-13-10-15(5-8-18(13)26(28)29)32-12-16-6-9-19(33-16)21(27)24-25-22(34)23-17-7-4-14(30-2)11-20(17)31-3/h4-11H,12H2,1-3H3,(H,24,27)(H2,23,25,34). The Morgan fingerprint density at radius 1 is 1.06 bits per heavy atom.